The summed E-state index contributed by atoms with van der Waals surface area (Å²) in [4.78, 5) is 24.3. The molecule has 176 valence electrons. The number of nitrogens with one attached hydrogen (secondary N) is 1. The molecule has 2 aromatic rings. The van der Waals surface area contributed by atoms with Crippen molar-refractivity contribution in [3.63, 3.8) is 0 Å². The number of ether oxygens (including phenoxy) is 3. The zero-order chi connectivity index (χ0) is 23.4. The van der Waals surface area contributed by atoms with E-state index in [1.807, 2.05) is 0 Å². The number of nitrogens with two attached hydrogens (primary N) is 1. The number of amides is 2. The topological polar surface area (TPSA) is 137 Å². The number of nitrogens with zero attached hydrogens (tertiary/aromatic N) is 1. The standard InChI is InChI=1S/C22H25N3O7S/c23-22(27)17-13-16(33(28,29)25-8-1-2-9-25)5-7-18(17)32-14-21(26)24-15-4-6-19-20(12-15)31-11-3-10-30-19/h4-7,12-13H,1-3,8-11,14H2,(H2,23,27)(H,24,26). The number of rotatable bonds is 7. The van der Waals surface area contributed by atoms with E-state index in [0.29, 0.717) is 43.5 Å². The van der Waals surface area contributed by atoms with E-state index in [0.717, 1.165) is 19.3 Å². The molecule has 2 aromatic carbocycles. The molecule has 0 radical (unpaired) electrons. The molecule has 0 aromatic heterocycles. The summed E-state index contributed by atoms with van der Waals surface area (Å²) in [5.74, 6) is -0.161. The van der Waals surface area contributed by atoms with Crippen LogP contribution in [0.25, 0.3) is 0 Å². The van der Waals surface area contributed by atoms with Gasteiger partial charge in [0, 0.05) is 31.3 Å². The van der Waals surface area contributed by atoms with E-state index in [1.54, 1.807) is 18.2 Å². The van der Waals surface area contributed by atoms with Crippen LogP contribution in [0.4, 0.5) is 5.69 Å². The first-order valence-electron chi connectivity index (χ1n) is 10.6. The average Bonchev–Trinajstić information content (AvgIpc) is 3.25. The molecule has 0 bridgehead atoms. The summed E-state index contributed by atoms with van der Waals surface area (Å²) >= 11 is 0. The van der Waals surface area contributed by atoms with E-state index >= 15 is 0 Å². The minimum Gasteiger partial charge on any atom is -0.490 e. The van der Waals surface area contributed by atoms with Gasteiger partial charge in [0.05, 0.1) is 23.7 Å². The predicted molar refractivity (Wildman–Crippen MR) is 119 cm³/mol. The van der Waals surface area contributed by atoms with Crippen molar-refractivity contribution >= 4 is 27.5 Å². The van der Waals surface area contributed by atoms with Crippen LogP contribution in [0.15, 0.2) is 41.3 Å². The lowest BCUT2D eigenvalue weighted by Gasteiger charge is -2.17. The Kier molecular flexibility index (Phi) is 6.70. The van der Waals surface area contributed by atoms with Crippen LogP contribution in [-0.4, -0.2) is 57.4 Å². The molecule has 3 N–H and O–H groups in total. The first-order valence-corrected chi connectivity index (χ1v) is 12.0. The second-order valence-corrected chi connectivity index (χ2v) is 9.62. The summed E-state index contributed by atoms with van der Waals surface area (Å²) in [7, 11) is -3.73. The highest BCUT2D eigenvalue weighted by Gasteiger charge is 2.28. The van der Waals surface area contributed by atoms with Gasteiger partial charge in [-0.05, 0) is 43.2 Å². The molecule has 2 amide bonds. The molecule has 1 saturated heterocycles. The number of hydrogen-bond acceptors (Lipinski definition) is 7. The van der Waals surface area contributed by atoms with Crippen LogP contribution in [0.5, 0.6) is 17.2 Å². The van der Waals surface area contributed by atoms with E-state index in [1.165, 1.54) is 22.5 Å². The smallest absolute Gasteiger partial charge is 0.262 e. The summed E-state index contributed by atoms with van der Waals surface area (Å²) in [6.45, 7) is 1.55. The molecule has 1 fully saturated rings. The zero-order valence-electron chi connectivity index (χ0n) is 17.9. The fourth-order valence-corrected chi connectivity index (χ4v) is 5.19. The number of sulfonamides is 1. The van der Waals surface area contributed by atoms with Gasteiger partial charge >= 0.3 is 0 Å². The van der Waals surface area contributed by atoms with Crippen LogP contribution < -0.4 is 25.3 Å². The molecule has 2 aliphatic rings. The number of anilines is 1. The first-order chi connectivity index (χ1) is 15.8. The highest BCUT2D eigenvalue weighted by atomic mass is 32.2. The second kappa shape index (κ2) is 9.67. The largest absolute Gasteiger partial charge is 0.490 e. The second-order valence-electron chi connectivity index (χ2n) is 7.68. The van der Waals surface area contributed by atoms with Gasteiger partial charge in [-0.15, -0.1) is 0 Å². The number of benzene rings is 2. The fourth-order valence-electron chi connectivity index (χ4n) is 3.65. The van der Waals surface area contributed by atoms with Gasteiger partial charge in [0.1, 0.15) is 5.75 Å². The van der Waals surface area contributed by atoms with E-state index < -0.39 is 28.4 Å². The Morgan fingerprint density at radius 1 is 1.00 bits per heavy atom. The molecular weight excluding hydrogens is 450 g/mol. The third-order valence-electron chi connectivity index (χ3n) is 5.31. The van der Waals surface area contributed by atoms with Crippen molar-refractivity contribution in [1.29, 1.82) is 0 Å². The molecule has 2 aliphatic heterocycles. The lowest BCUT2D eigenvalue weighted by atomic mass is 10.2. The predicted octanol–water partition coefficient (Wildman–Crippen LogP) is 1.75. The number of carbonyl (C=O) groups excluding carboxylic acids is 2. The van der Waals surface area contributed by atoms with Gasteiger partial charge in [-0.2, -0.15) is 4.31 Å². The van der Waals surface area contributed by atoms with Gasteiger partial charge in [-0.1, -0.05) is 0 Å². The Morgan fingerprint density at radius 3 is 2.45 bits per heavy atom. The molecule has 10 nitrogen and oxygen atoms in total. The van der Waals surface area contributed by atoms with Crippen LogP contribution in [0.1, 0.15) is 29.6 Å². The number of fused-ring (bicyclic) bond motifs is 1. The van der Waals surface area contributed by atoms with Gasteiger partial charge in [0.2, 0.25) is 10.0 Å². The number of carbonyl (C=O) groups is 2. The molecular formula is C22H25N3O7S. The molecule has 0 spiro atoms. The summed E-state index contributed by atoms with van der Waals surface area (Å²) in [6, 6.07) is 8.92. The SMILES string of the molecule is NC(=O)c1cc(S(=O)(=O)N2CCCC2)ccc1OCC(=O)Nc1ccc2c(c1)OCCCO2. The van der Waals surface area contributed by atoms with Crippen molar-refractivity contribution in [2.45, 2.75) is 24.2 Å². The van der Waals surface area contributed by atoms with Crippen LogP contribution in [-0.2, 0) is 14.8 Å². The molecule has 33 heavy (non-hydrogen) atoms. The first kappa shape index (κ1) is 22.9. The van der Waals surface area contributed by atoms with E-state index in [2.05, 4.69) is 5.32 Å². The van der Waals surface area contributed by atoms with Gasteiger partial charge in [0.15, 0.2) is 18.1 Å². The summed E-state index contributed by atoms with van der Waals surface area (Å²) < 4.78 is 43.5. The number of hydrogen-bond donors (Lipinski definition) is 2. The van der Waals surface area contributed by atoms with Crippen molar-refractivity contribution in [3.8, 4) is 17.2 Å². The van der Waals surface area contributed by atoms with Gasteiger partial charge in [-0.3, -0.25) is 9.59 Å². The Hall–Kier alpha value is -3.31. The molecule has 0 unspecified atom stereocenters. The monoisotopic (exact) mass is 475 g/mol. The minimum atomic E-state index is -3.73. The van der Waals surface area contributed by atoms with E-state index in [4.69, 9.17) is 19.9 Å². The van der Waals surface area contributed by atoms with Crippen LogP contribution in [0.2, 0.25) is 0 Å². The Morgan fingerprint density at radius 2 is 1.73 bits per heavy atom. The van der Waals surface area contributed by atoms with Crippen molar-refractivity contribution in [2.75, 3.05) is 38.2 Å². The van der Waals surface area contributed by atoms with E-state index in [9.17, 15) is 18.0 Å². The third-order valence-corrected chi connectivity index (χ3v) is 7.20. The molecule has 11 heteroatoms. The zero-order valence-corrected chi connectivity index (χ0v) is 18.7. The van der Waals surface area contributed by atoms with Crippen molar-refractivity contribution in [1.82, 2.24) is 4.31 Å². The lowest BCUT2D eigenvalue weighted by molar-refractivity contribution is -0.118. The van der Waals surface area contributed by atoms with Crippen LogP contribution in [0.3, 0.4) is 0 Å². The Balaban J connectivity index is 1.44. The fraction of sp³-hybridized carbons (Fsp3) is 0.364. The summed E-state index contributed by atoms with van der Waals surface area (Å²) in [6.07, 6.45) is 2.35. The highest BCUT2D eigenvalue weighted by molar-refractivity contribution is 7.89. The maximum Gasteiger partial charge on any atom is 0.262 e. The van der Waals surface area contributed by atoms with Crippen LogP contribution in [0, 0.1) is 0 Å². The van der Waals surface area contributed by atoms with Gasteiger partial charge in [-0.25, -0.2) is 8.42 Å². The molecule has 0 aliphatic carbocycles. The molecule has 2 heterocycles. The maximum absolute atomic E-state index is 12.8. The highest BCUT2D eigenvalue weighted by Crippen LogP contribution is 2.32. The van der Waals surface area contributed by atoms with Gasteiger partial charge in [0.25, 0.3) is 11.8 Å². The minimum absolute atomic E-state index is 0.0247. The van der Waals surface area contributed by atoms with E-state index in [-0.39, 0.29) is 16.2 Å². The molecule has 0 atom stereocenters. The van der Waals surface area contributed by atoms with Crippen LogP contribution >= 0.6 is 0 Å². The average molecular weight is 476 g/mol. The van der Waals surface area contributed by atoms with Crippen molar-refractivity contribution in [2.24, 2.45) is 5.73 Å². The Bertz CT molecular complexity index is 1160. The quantitative estimate of drug-likeness (QED) is 0.622. The molecule has 0 saturated carbocycles. The van der Waals surface area contributed by atoms with Crippen molar-refractivity contribution < 1.29 is 32.2 Å². The maximum atomic E-state index is 12.8. The summed E-state index contributed by atoms with van der Waals surface area (Å²) in [5, 5.41) is 2.69. The van der Waals surface area contributed by atoms with Crippen molar-refractivity contribution in [3.05, 3.63) is 42.0 Å². The lowest BCUT2D eigenvalue weighted by Crippen LogP contribution is -2.28. The Labute approximate surface area is 191 Å². The normalized spacial score (nSPS) is 16.1. The number of primary amides is 1. The van der Waals surface area contributed by atoms with Gasteiger partial charge < -0.3 is 25.3 Å². The molecule has 4 rings (SSSR count). The summed E-state index contributed by atoms with van der Waals surface area (Å²) in [5.41, 5.74) is 5.82. The third kappa shape index (κ3) is 5.20.